The summed E-state index contributed by atoms with van der Waals surface area (Å²) in [6, 6.07) is 17.2. The largest absolute Gasteiger partial charge is 0.444 e. The minimum absolute atomic E-state index is 0.272. The first-order chi connectivity index (χ1) is 12.9. The number of rotatable bonds is 6. The topological polar surface area (TPSA) is 76.2 Å². The van der Waals surface area contributed by atoms with E-state index in [-0.39, 0.29) is 6.61 Å². The molecular formula is C21H25N3O3. The molecule has 0 bridgehead atoms. The Kier molecular flexibility index (Phi) is 5.76. The highest BCUT2D eigenvalue weighted by molar-refractivity contribution is 5.75. The van der Waals surface area contributed by atoms with E-state index in [1.165, 1.54) is 0 Å². The summed E-state index contributed by atoms with van der Waals surface area (Å²) < 4.78 is 11.2. The van der Waals surface area contributed by atoms with Crippen LogP contribution in [-0.4, -0.2) is 28.3 Å². The molecule has 2 aromatic carbocycles. The zero-order valence-corrected chi connectivity index (χ0v) is 15.9. The predicted octanol–water partition coefficient (Wildman–Crippen LogP) is 4.35. The number of para-hydroxylation sites is 2. The van der Waals surface area contributed by atoms with Crippen LogP contribution in [0.3, 0.4) is 0 Å². The third-order valence-electron chi connectivity index (χ3n) is 3.82. The number of aromatic nitrogens is 2. The third-order valence-corrected chi connectivity index (χ3v) is 3.82. The molecule has 142 valence electrons. The summed E-state index contributed by atoms with van der Waals surface area (Å²) in [5.41, 5.74) is 2.24. The second-order valence-corrected chi connectivity index (χ2v) is 7.34. The van der Waals surface area contributed by atoms with Crippen LogP contribution in [0.15, 0.2) is 54.6 Å². The van der Waals surface area contributed by atoms with Crippen molar-refractivity contribution in [3.8, 4) is 0 Å². The van der Waals surface area contributed by atoms with Crippen molar-refractivity contribution in [3.05, 3.63) is 66.0 Å². The number of hydrogen-bond donors (Lipinski definition) is 2. The maximum Gasteiger partial charge on any atom is 0.408 e. The molecule has 0 saturated carbocycles. The molecule has 6 nitrogen and oxygen atoms in total. The molecule has 0 aliphatic rings. The molecule has 1 heterocycles. The van der Waals surface area contributed by atoms with Gasteiger partial charge in [0.2, 0.25) is 0 Å². The van der Waals surface area contributed by atoms with Gasteiger partial charge < -0.3 is 19.8 Å². The molecule has 0 spiro atoms. The molecule has 0 aliphatic carbocycles. The Morgan fingerprint density at radius 1 is 1.11 bits per heavy atom. The molecule has 1 atom stereocenters. The number of amides is 1. The number of nitrogens with zero attached hydrogens (tertiary/aromatic N) is 1. The monoisotopic (exact) mass is 367 g/mol. The molecule has 1 amide bonds. The van der Waals surface area contributed by atoms with Crippen LogP contribution in [0.25, 0.3) is 11.0 Å². The van der Waals surface area contributed by atoms with Crippen molar-refractivity contribution in [3.63, 3.8) is 0 Å². The minimum Gasteiger partial charge on any atom is -0.444 e. The van der Waals surface area contributed by atoms with Crippen molar-refractivity contribution < 1.29 is 14.3 Å². The van der Waals surface area contributed by atoms with Gasteiger partial charge in [-0.3, -0.25) is 0 Å². The molecule has 0 radical (unpaired) electrons. The predicted molar refractivity (Wildman–Crippen MR) is 104 cm³/mol. The lowest BCUT2D eigenvalue weighted by molar-refractivity contribution is 0.0421. The minimum atomic E-state index is -0.576. The number of benzene rings is 2. The van der Waals surface area contributed by atoms with Crippen LogP contribution in [0.1, 0.15) is 38.2 Å². The molecule has 0 fully saturated rings. The number of ether oxygens (including phenoxy) is 2. The number of carbonyl (C=O) groups is 1. The summed E-state index contributed by atoms with van der Waals surface area (Å²) in [6.07, 6.45) is -0.503. The van der Waals surface area contributed by atoms with Gasteiger partial charge in [-0.15, -0.1) is 0 Å². The smallest absolute Gasteiger partial charge is 0.408 e. The Morgan fingerprint density at radius 3 is 2.52 bits per heavy atom. The number of H-pyrrole nitrogens is 1. The van der Waals surface area contributed by atoms with E-state index in [0.717, 1.165) is 16.6 Å². The van der Waals surface area contributed by atoms with Crippen LogP contribution in [0.2, 0.25) is 0 Å². The van der Waals surface area contributed by atoms with Crippen LogP contribution >= 0.6 is 0 Å². The fraction of sp³-hybridized carbons (Fsp3) is 0.333. The first kappa shape index (κ1) is 18.9. The number of carbonyl (C=O) groups excluding carboxylic acids is 1. The van der Waals surface area contributed by atoms with Gasteiger partial charge >= 0.3 is 6.09 Å². The van der Waals surface area contributed by atoms with Crippen molar-refractivity contribution in [2.45, 2.75) is 39.0 Å². The van der Waals surface area contributed by atoms with Gasteiger partial charge in [-0.05, 0) is 38.5 Å². The van der Waals surface area contributed by atoms with E-state index in [1.807, 2.05) is 75.4 Å². The molecule has 1 unspecified atom stereocenters. The molecular weight excluding hydrogens is 342 g/mol. The van der Waals surface area contributed by atoms with E-state index in [4.69, 9.17) is 9.47 Å². The normalized spacial score (nSPS) is 12.7. The fourth-order valence-electron chi connectivity index (χ4n) is 2.65. The van der Waals surface area contributed by atoms with Crippen LogP contribution in [0.5, 0.6) is 0 Å². The van der Waals surface area contributed by atoms with Crippen molar-refractivity contribution in [1.82, 2.24) is 15.3 Å². The molecule has 0 saturated heterocycles. The molecule has 0 aliphatic heterocycles. The lowest BCUT2D eigenvalue weighted by Gasteiger charge is -2.23. The first-order valence-electron chi connectivity index (χ1n) is 8.96. The average Bonchev–Trinajstić information content (AvgIpc) is 3.04. The molecule has 2 N–H and O–H groups in total. The summed E-state index contributed by atoms with van der Waals surface area (Å²) in [4.78, 5) is 20.1. The van der Waals surface area contributed by atoms with E-state index in [9.17, 15) is 4.79 Å². The van der Waals surface area contributed by atoms with Crippen LogP contribution in [0.4, 0.5) is 4.79 Å². The molecule has 27 heavy (non-hydrogen) atoms. The van der Waals surface area contributed by atoms with Gasteiger partial charge in [0, 0.05) is 0 Å². The maximum atomic E-state index is 12.3. The molecule has 1 aromatic heterocycles. The van der Waals surface area contributed by atoms with E-state index in [1.54, 1.807) is 0 Å². The van der Waals surface area contributed by atoms with Crippen molar-refractivity contribution in [2.24, 2.45) is 0 Å². The number of nitrogens with one attached hydrogen (secondary N) is 2. The Morgan fingerprint density at radius 2 is 1.81 bits per heavy atom. The van der Waals surface area contributed by atoms with Crippen LogP contribution < -0.4 is 5.32 Å². The van der Waals surface area contributed by atoms with Gasteiger partial charge in [0.05, 0.1) is 24.2 Å². The highest BCUT2D eigenvalue weighted by Crippen LogP contribution is 2.18. The fourth-order valence-corrected chi connectivity index (χ4v) is 2.65. The highest BCUT2D eigenvalue weighted by atomic mass is 16.6. The highest BCUT2D eigenvalue weighted by Gasteiger charge is 2.23. The Balaban J connectivity index is 1.72. The van der Waals surface area contributed by atoms with Gasteiger partial charge in [-0.2, -0.15) is 0 Å². The SMILES string of the molecule is CC(C)(C)OC(=O)NC(COCc1ccccc1)c1nc2ccccc2[nH]1. The summed E-state index contributed by atoms with van der Waals surface area (Å²) in [5.74, 6) is 0.634. The molecule has 6 heteroatoms. The standard InChI is InChI=1S/C21H25N3O3/c1-21(2,3)27-20(25)24-18(14-26-13-15-9-5-4-6-10-15)19-22-16-11-7-8-12-17(16)23-19/h4-12,18H,13-14H2,1-3H3,(H,22,23)(H,24,25). The van der Waals surface area contributed by atoms with Gasteiger partial charge in [0.15, 0.2) is 0 Å². The average molecular weight is 367 g/mol. The lowest BCUT2D eigenvalue weighted by Crippen LogP contribution is -2.37. The number of hydrogen-bond acceptors (Lipinski definition) is 4. The van der Waals surface area contributed by atoms with Crippen LogP contribution in [0, 0.1) is 0 Å². The lowest BCUT2D eigenvalue weighted by atomic mass is 10.2. The molecule has 3 aromatic rings. The van der Waals surface area contributed by atoms with Gasteiger partial charge in [-0.25, -0.2) is 9.78 Å². The number of aromatic amines is 1. The third kappa shape index (κ3) is 5.56. The number of alkyl carbamates (subject to hydrolysis) is 1. The Bertz CT molecular complexity index is 851. The van der Waals surface area contributed by atoms with Crippen molar-refractivity contribution in [1.29, 1.82) is 0 Å². The van der Waals surface area contributed by atoms with Crippen molar-refractivity contribution in [2.75, 3.05) is 6.61 Å². The first-order valence-corrected chi connectivity index (χ1v) is 8.96. The van der Waals surface area contributed by atoms with Gasteiger partial charge in [0.1, 0.15) is 17.5 Å². The van der Waals surface area contributed by atoms with E-state index >= 15 is 0 Å². The second kappa shape index (κ2) is 8.22. The maximum absolute atomic E-state index is 12.3. The van der Waals surface area contributed by atoms with E-state index < -0.39 is 17.7 Å². The zero-order valence-electron chi connectivity index (χ0n) is 15.9. The Labute approximate surface area is 158 Å². The second-order valence-electron chi connectivity index (χ2n) is 7.34. The summed E-state index contributed by atoms with van der Waals surface area (Å²) in [7, 11) is 0. The van der Waals surface area contributed by atoms with Gasteiger partial charge in [-0.1, -0.05) is 42.5 Å². The van der Waals surface area contributed by atoms with Crippen LogP contribution in [-0.2, 0) is 16.1 Å². The summed E-state index contributed by atoms with van der Waals surface area (Å²) >= 11 is 0. The summed E-state index contributed by atoms with van der Waals surface area (Å²) in [6.45, 7) is 6.21. The number of imidazole rings is 1. The molecule has 3 rings (SSSR count). The quantitative estimate of drug-likeness (QED) is 0.679. The van der Waals surface area contributed by atoms with Gasteiger partial charge in [0.25, 0.3) is 0 Å². The summed E-state index contributed by atoms with van der Waals surface area (Å²) in [5, 5.41) is 2.86. The number of fused-ring (bicyclic) bond motifs is 1. The van der Waals surface area contributed by atoms with E-state index in [0.29, 0.717) is 12.4 Å². The van der Waals surface area contributed by atoms with Crippen molar-refractivity contribution >= 4 is 17.1 Å². The van der Waals surface area contributed by atoms with E-state index in [2.05, 4.69) is 15.3 Å². The zero-order chi connectivity index (χ0) is 19.3. The Hall–Kier alpha value is -2.86.